The van der Waals surface area contributed by atoms with Crippen LogP contribution in [0.3, 0.4) is 0 Å². The quantitative estimate of drug-likeness (QED) is 0.520. The summed E-state index contributed by atoms with van der Waals surface area (Å²) in [6, 6.07) is 0. The molecule has 44 valence electrons. The molecule has 1 saturated heterocycles. The summed E-state index contributed by atoms with van der Waals surface area (Å²) in [4.78, 5) is 0. The minimum atomic E-state index is 0. The molecule has 3 heteroatoms. The maximum atomic E-state index is 3.26. The number of nitrogens with one attached hydrogen (secondary N) is 1. The Morgan fingerprint density at radius 1 is 1.14 bits per heavy atom. The molecular weight excluding hydrogens is 126 g/mol. The standard InChI is InChI=1S/C4H9NS.H2S/c1-3-6-4-2-5-1;/h5H,1-4H2;1H2. The highest BCUT2D eigenvalue weighted by atomic mass is 32.2. The Morgan fingerprint density at radius 3 is 1.86 bits per heavy atom. The van der Waals surface area contributed by atoms with Crippen molar-refractivity contribution in [1.29, 1.82) is 0 Å². The van der Waals surface area contributed by atoms with Crippen LogP contribution in [0.2, 0.25) is 0 Å². The largest absolute Gasteiger partial charge is 0.315 e. The van der Waals surface area contributed by atoms with E-state index in [1.165, 1.54) is 24.6 Å². The van der Waals surface area contributed by atoms with E-state index in [0.717, 1.165) is 0 Å². The summed E-state index contributed by atoms with van der Waals surface area (Å²) in [6.45, 7) is 2.43. The molecule has 0 unspecified atom stereocenters. The first-order chi connectivity index (χ1) is 3.00. The zero-order valence-electron chi connectivity index (χ0n) is 4.24. The third-order valence-electron chi connectivity index (χ3n) is 0.846. The Bertz CT molecular complexity index is 25.2. The molecule has 1 N–H and O–H groups in total. The van der Waals surface area contributed by atoms with Crippen molar-refractivity contribution in [3.63, 3.8) is 0 Å². The lowest BCUT2D eigenvalue weighted by Crippen LogP contribution is -2.24. The van der Waals surface area contributed by atoms with Crippen molar-refractivity contribution < 1.29 is 0 Å². The van der Waals surface area contributed by atoms with Gasteiger partial charge in [-0.05, 0) is 0 Å². The Hall–Kier alpha value is 0.660. The highest BCUT2D eigenvalue weighted by Crippen LogP contribution is 1.99. The molecule has 0 amide bonds. The number of thioether (sulfide) groups is 1. The summed E-state index contributed by atoms with van der Waals surface area (Å²) in [5.74, 6) is 2.61. The SMILES string of the molecule is C1CSCCN1.S. The van der Waals surface area contributed by atoms with Gasteiger partial charge < -0.3 is 5.32 Å². The van der Waals surface area contributed by atoms with E-state index in [9.17, 15) is 0 Å². The molecule has 0 aliphatic carbocycles. The summed E-state index contributed by atoms with van der Waals surface area (Å²) >= 11 is 2.03. The maximum Gasteiger partial charge on any atom is 0.00585 e. The fourth-order valence-corrected chi connectivity index (χ4v) is 1.30. The van der Waals surface area contributed by atoms with Crippen molar-refractivity contribution in [2.24, 2.45) is 0 Å². The van der Waals surface area contributed by atoms with Crippen molar-refractivity contribution in [2.75, 3.05) is 24.6 Å². The van der Waals surface area contributed by atoms with Crippen LogP contribution in [0.15, 0.2) is 0 Å². The second-order valence-corrected chi connectivity index (χ2v) is 2.59. The molecule has 0 saturated carbocycles. The van der Waals surface area contributed by atoms with Gasteiger partial charge in [0.2, 0.25) is 0 Å². The van der Waals surface area contributed by atoms with Gasteiger partial charge >= 0.3 is 0 Å². The molecular formula is C4H11NS2. The van der Waals surface area contributed by atoms with Crippen LogP contribution in [0.1, 0.15) is 0 Å². The minimum absolute atomic E-state index is 0. The molecule has 1 aliphatic heterocycles. The monoisotopic (exact) mass is 137 g/mol. The lowest BCUT2D eigenvalue weighted by Gasteiger charge is -2.08. The van der Waals surface area contributed by atoms with Gasteiger partial charge in [0.1, 0.15) is 0 Å². The van der Waals surface area contributed by atoms with Crippen LogP contribution >= 0.6 is 25.3 Å². The van der Waals surface area contributed by atoms with Crippen LogP contribution < -0.4 is 5.32 Å². The highest BCUT2D eigenvalue weighted by Gasteiger charge is 1.93. The first-order valence-electron chi connectivity index (χ1n) is 2.28. The van der Waals surface area contributed by atoms with Crippen LogP contribution in [0.4, 0.5) is 0 Å². The summed E-state index contributed by atoms with van der Waals surface area (Å²) < 4.78 is 0. The predicted octanol–water partition coefficient (Wildman–Crippen LogP) is 0.436. The Morgan fingerprint density at radius 2 is 1.71 bits per heavy atom. The first kappa shape index (κ1) is 7.66. The Kier molecular flexibility index (Phi) is 5.26. The average Bonchev–Trinajstić information content (AvgIpc) is 1.72. The smallest absolute Gasteiger partial charge is 0.00585 e. The molecule has 0 bridgehead atoms. The predicted molar refractivity (Wildman–Crippen MR) is 40.6 cm³/mol. The Labute approximate surface area is 55.7 Å². The van der Waals surface area contributed by atoms with Crippen LogP contribution in [0.5, 0.6) is 0 Å². The first-order valence-corrected chi connectivity index (χ1v) is 3.44. The topological polar surface area (TPSA) is 12.0 Å². The van der Waals surface area contributed by atoms with Crippen molar-refractivity contribution >= 4 is 25.3 Å². The molecule has 0 aromatic heterocycles. The fraction of sp³-hybridized carbons (Fsp3) is 1.00. The van der Waals surface area contributed by atoms with Gasteiger partial charge in [-0.2, -0.15) is 25.3 Å². The molecule has 0 aromatic carbocycles. The third-order valence-corrected chi connectivity index (χ3v) is 1.83. The molecule has 0 spiro atoms. The summed E-state index contributed by atoms with van der Waals surface area (Å²) in [5, 5.41) is 3.26. The molecule has 0 radical (unpaired) electrons. The number of hydrogen-bond acceptors (Lipinski definition) is 2. The third kappa shape index (κ3) is 3.26. The number of hydrogen-bond donors (Lipinski definition) is 1. The summed E-state index contributed by atoms with van der Waals surface area (Å²) in [6.07, 6.45) is 0. The molecule has 1 rings (SSSR count). The molecule has 7 heavy (non-hydrogen) atoms. The van der Waals surface area contributed by atoms with Crippen LogP contribution in [-0.4, -0.2) is 24.6 Å². The van der Waals surface area contributed by atoms with Crippen molar-refractivity contribution in [3.05, 3.63) is 0 Å². The van der Waals surface area contributed by atoms with Crippen molar-refractivity contribution in [1.82, 2.24) is 5.32 Å². The van der Waals surface area contributed by atoms with E-state index >= 15 is 0 Å². The molecule has 0 aromatic rings. The van der Waals surface area contributed by atoms with Crippen molar-refractivity contribution in [2.45, 2.75) is 0 Å². The molecule has 1 nitrogen and oxygen atoms in total. The normalized spacial score (nSPS) is 20.6. The van der Waals surface area contributed by atoms with Gasteiger partial charge in [-0.25, -0.2) is 0 Å². The molecule has 1 fully saturated rings. The Balaban J connectivity index is 0.000000360. The van der Waals surface area contributed by atoms with E-state index in [1.54, 1.807) is 0 Å². The van der Waals surface area contributed by atoms with Crippen LogP contribution in [0, 0.1) is 0 Å². The second kappa shape index (κ2) is 4.81. The van der Waals surface area contributed by atoms with Crippen LogP contribution in [0.25, 0.3) is 0 Å². The molecule has 1 heterocycles. The van der Waals surface area contributed by atoms with Gasteiger partial charge in [0.05, 0.1) is 0 Å². The van der Waals surface area contributed by atoms with Gasteiger partial charge in [-0.15, -0.1) is 0 Å². The molecule has 0 atom stereocenters. The fourth-order valence-electron chi connectivity index (χ4n) is 0.516. The van der Waals surface area contributed by atoms with Gasteiger partial charge in [0.15, 0.2) is 0 Å². The summed E-state index contributed by atoms with van der Waals surface area (Å²) in [7, 11) is 0. The van der Waals surface area contributed by atoms with Gasteiger partial charge in [0, 0.05) is 24.6 Å². The van der Waals surface area contributed by atoms with E-state index in [1.807, 2.05) is 11.8 Å². The van der Waals surface area contributed by atoms with Crippen molar-refractivity contribution in [3.8, 4) is 0 Å². The zero-order valence-corrected chi connectivity index (χ0v) is 6.05. The van der Waals surface area contributed by atoms with E-state index < -0.39 is 0 Å². The number of rotatable bonds is 0. The second-order valence-electron chi connectivity index (χ2n) is 1.36. The highest BCUT2D eigenvalue weighted by molar-refractivity contribution is 7.99. The zero-order chi connectivity index (χ0) is 4.24. The van der Waals surface area contributed by atoms with E-state index in [2.05, 4.69) is 5.32 Å². The van der Waals surface area contributed by atoms with Gasteiger partial charge in [-0.1, -0.05) is 0 Å². The van der Waals surface area contributed by atoms with E-state index in [-0.39, 0.29) is 13.5 Å². The average molecular weight is 137 g/mol. The summed E-state index contributed by atoms with van der Waals surface area (Å²) in [5.41, 5.74) is 0. The van der Waals surface area contributed by atoms with E-state index in [0.29, 0.717) is 0 Å². The van der Waals surface area contributed by atoms with E-state index in [4.69, 9.17) is 0 Å². The van der Waals surface area contributed by atoms with Crippen LogP contribution in [-0.2, 0) is 0 Å². The lowest BCUT2D eigenvalue weighted by molar-refractivity contribution is 0.756. The maximum absolute atomic E-state index is 3.26. The minimum Gasteiger partial charge on any atom is -0.315 e. The van der Waals surface area contributed by atoms with Gasteiger partial charge in [-0.3, -0.25) is 0 Å². The lowest BCUT2D eigenvalue weighted by atomic mass is 10.6. The molecule has 1 aliphatic rings. The van der Waals surface area contributed by atoms with Gasteiger partial charge in [0.25, 0.3) is 0 Å².